The number of aryl methyl sites for hydroxylation is 1. The summed E-state index contributed by atoms with van der Waals surface area (Å²) < 4.78 is 1.15. The van der Waals surface area contributed by atoms with Crippen LogP contribution in [-0.2, 0) is 11.2 Å². The zero-order valence-electron chi connectivity index (χ0n) is 6.63. The molecule has 0 saturated heterocycles. The minimum absolute atomic E-state index is 0.530. The third kappa shape index (κ3) is 2.27. The fourth-order valence-electron chi connectivity index (χ4n) is 0.855. The maximum atomic E-state index is 9.79. The number of rotatable bonds is 3. The largest absolute Gasteiger partial charge is 0.234 e. The van der Waals surface area contributed by atoms with E-state index in [1.54, 1.807) is 11.3 Å². The van der Waals surface area contributed by atoms with Gasteiger partial charge in [-0.1, -0.05) is 0 Å². The van der Waals surface area contributed by atoms with Crippen molar-refractivity contribution in [1.82, 2.24) is 0 Å². The van der Waals surface area contributed by atoms with E-state index in [2.05, 4.69) is 26.3 Å². The van der Waals surface area contributed by atoms with Gasteiger partial charge in [-0.2, -0.15) is 0 Å². The normalized spacial score (nSPS) is 9.50. The average Bonchev–Trinajstić information content (AvgIpc) is 2.36. The molecular formula is C8H8BrNOS. The van der Waals surface area contributed by atoms with Gasteiger partial charge < -0.3 is 0 Å². The van der Waals surface area contributed by atoms with Crippen molar-refractivity contribution in [3.05, 3.63) is 20.3 Å². The van der Waals surface area contributed by atoms with Gasteiger partial charge >= 0.3 is 0 Å². The summed E-state index contributed by atoms with van der Waals surface area (Å²) in [4.78, 5) is 14.5. The summed E-state index contributed by atoms with van der Waals surface area (Å²) in [7, 11) is 0. The number of hydrogen-bond donors (Lipinski definition) is 0. The number of nitrogens with zero attached hydrogens (tertiary/aromatic N) is 1. The van der Waals surface area contributed by atoms with Gasteiger partial charge in [0.25, 0.3) is 0 Å². The molecule has 0 spiro atoms. The quantitative estimate of drug-likeness (QED) is 0.595. The highest BCUT2D eigenvalue weighted by Gasteiger charge is 2.04. The average molecular weight is 246 g/mol. The van der Waals surface area contributed by atoms with Crippen molar-refractivity contribution in [3.63, 3.8) is 0 Å². The van der Waals surface area contributed by atoms with Crippen LogP contribution in [0.25, 0.3) is 0 Å². The van der Waals surface area contributed by atoms with Crippen LogP contribution in [0.2, 0.25) is 0 Å². The molecule has 0 aliphatic rings. The first kappa shape index (κ1) is 9.65. The van der Waals surface area contributed by atoms with Gasteiger partial charge in [-0.15, -0.1) is 11.3 Å². The predicted molar refractivity (Wildman–Crippen MR) is 53.4 cm³/mol. The Morgan fingerprint density at radius 1 is 1.75 bits per heavy atom. The lowest BCUT2D eigenvalue weighted by molar-refractivity contribution is 0.563. The molecule has 1 heterocycles. The molecule has 0 aliphatic carbocycles. The topological polar surface area (TPSA) is 29.4 Å². The van der Waals surface area contributed by atoms with Crippen molar-refractivity contribution in [3.8, 4) is 0 Å². The second-order valence-electron chi connectivity index (χ2n) is 2.38. The van der Waals surface area contributed by atoms with Gasteiger partial charge in [-0.3, -0.25) is 0 Å². The van der Waals surface area contributed by atoms with Gasteiger partial charge in [-0.25, -0.2) is 9.79 Å². The van der Waals surface area contributed by atoms with Crippen molar-refractivity contribution < 1.29 is 4.79 Å². The lowest BCUT2D eigenvalue weighted by atomic mass is 10.3. The van der Waals surface area contributed by atoms with Gasteiger partial charge in [0, 0.05) is 15.8 Å². The molecule has 1 rings (SSSR count). The molecule has 2 nitrogen and oxygen atoms in total. The Morgan fingerprint density at radius 3 is 3.00 bits per heavy atom. The number of isocyanates is 1. The Hall–Kier alpha value is -0.440. The van der Waals surface area contributed by atoms with Crippen LogP contribution in [0.15, 0.2) is 14.8 Å². The monoisotopic (exact) mass is 245 g/mol. The molecule has 0 fully saturated rings. The standard InChI is InChI=1S/C8H8BrNOS/c1-6-4-12-7(8(6)9)2-3-10-5-11/h4H,2-3H2,1H3. The Kier molecular flexibility index (Phi) is 3.66. The molecule has 4 heteroatoms. The molecule has 0 amide bonds. The van der Waals surface area contributed by atoms with E-state index in [9.17, 15) is 4.79 Å². The number of halogens is 1. The zero-order valence-corrected chi connectivity index (χ0v) is 9.04. The molecule has 64 valence electrons. The van der Waals surface area contributed by atoms with Gasteiger partial charge in [-0.05, 0) is 33.8 Å². The molecule has 0 atom stereocenters. The number of thiophene rings is 1. The third-order valence-electron chi connectivity index (χ3n) is 1.48. The van der Waals surface area contributed by atoms with Crippen LogP contribution in [0.3, 0.4) is 0 Å². The summed E-state index contributed by atoms with van der Waals surface area (Å²) in [5.41, 5.74) is 1.24. The van der Waals surface area contributed by atoms with E-state index in [1.165, 1.54) is 16.5 Å². The number of hydrogen-bond acceptors (Lipinski definition) is 3. The second-order valence-corrected chi connectivity index (χ2v) is 4.14. The van der Waals surface area contributed by atoms with Gasteiger partial charge in [0.1, 0.15) is 0 Å². The first-order chi connectivity index (χ1) is 5.75. The van der Waals surface area contributed by atoms with Gasteiger partial charge in [0.2, 0.25) is 6.08 Å². The smallest absolute Gasteiger partial charge is 0.211 e. The van der Waals surface area contributed by atoms with E-state index in [-0.39, 0.29) is 0 Å². The molecule has 1 aromatic heterocycles. The molecule has 0 N–H and O–H groups in total. The Balaban J connectivity index is 2.63. The van der Waals surface area contributed by atoms with Crippen molar-refractivity contribution >= 4 is 33.3 Å². The summed E-state index contributed by atoms with van der Waals surface area (Å²) in [6.07, 6.45) is 2.34. The van der Waals surface area contributed by atoms with Crippen LogP contribution in [0.4, 0.5) is 0 Å². The number of aliphatic imine (C=N–C) groups is 1. The van der Waals surface area contributed by atoms with Crippen molar-refractivity contribution in [1.29, 1.82) is 0 Å². The molecule has 0 aliphatic heterocycles. The van der Waals surface area contributed by atoms with Crippen molar-refractivity contribution in [2.75, 3.05) is 6.54 Å². The van der Waals surface area contributed by atoms with Crippen molar-refractivity contribution in [2.24, 2.45) is 4.99 Å². The lowest BCUT2D eigenvalue weighted by Crippen LogP contribution is -1.85. The maximum Gasteiger partial charge on any atom is 0.234 e. The van der Waals surface area contributed by atoms with Gasteiger partial charge in [0.05, 0.1) is 6.54 Å². The molecule has 0 bridgehead atoms. The van der Waals surface area contributed by atoms with Crippen LogP contribution in [-0.4, -0.2) is 12.6 Å². The summed E-state index contributed by atoms with van der Waals surface area (Å²) in [5.74, 6) is 0. The summed E-state index contributed by atoms with van der Waals surface area (Å²) in [5, 5.41) is 2.09. The minimum atomic E-state index is 0.530. The second kappa shape index (κ2) is 4.55. The van der Waals surface area contributed by atoms with Crippen molar-refractivity contribution in [2.45, 2.75) is 13.3 Å². The molecule has 12 heavy (non-hydrogen) atoms. The first-order valence-electron chi connectivity index (χ1n) is 3.51. The Bertz CT molecular complexity index is 315. The zero-order chi connectivity index (χ0) is 8.97. The molecular weight excluding hydrogens is 238 g/mol. The summed E-state index contributed by atoms with van der Waals surface area (Å²) in [6, 6.07) is 0. The fourth-order valence-corrected chi connectivity index (χ4v) is 2.51. The van der Waals surface area contributed by atoms with E-state index in [4.69, 9.17) is 0 Å². The molecule has 0 aromatic carbocycles. The molecule has 0 saturated carbocycles. The highest BCUT2D eigenvalue weighted by Crippen LogP contribution is 2.27. The molecule has 1 aromatic rings. The fraction of sp³-hybridized carbons (Fsp3) is 0.375. The minimum Gasteiger partial charge on any atom is -0.211 e. The highest BCUT2D eigenvalue weighted by atomic mass is 79.9. The Labute approximate surface area is 83.5 Å². The SMILES string of the molecule is Cc1csc(CCN=C=O)c1Br. The summed E-state index contributed by atoms with van der Waals surface area (Å²) >= 11 is 5.16. The maximum absolute atomic E-state index is 9.79. The van der Waals surface area contributed by atoms with Crippen LogP contribution < -0.4 is 0 Å². The Morgan fingerprint density at radius 2 is 2.50 bits per heavy atom. The molecule has 0 radical (unpaired) electrons. The van der Waals surface area contributed by atoms with Crippen LogP contribution in [0.1, 0.15) is 10.4 Å². The van der Waals surface area contributed by atoms with Crippen LogP contribution in [0, 0.1) is 6.92 Å². The summed E-state index contributed by atoms with van der Waals surface area (Å²) in [6.45, 7) is 2.58. The van der Waals surface area contributed by atoms with E-state index < -0.39 is 0 Å². The lowest BCUT2D eigenvalue weighted by Gasteiger charge is -1.93. The predicted octanol–water partition coefficient (Wildman–Crippen LogP) is 2.70. The van der Waals surface area contributed by atoms with E-state index in [1.807, 2.05) is 6.92 Å². The molecule has 0 unspecified atom stereocenters. The highest BCUT2D eigenvalue weighted by molar-refractivity contribution is 9.10. The first-order valence-corrected chi connectivity index (χ1v) is 5.19. The van der Waals surface area contributed by atoms with Crippen LogP contribution in [0.5, 0.6) is 0 Å². The van der Waals surface area contributed by atoms with E-state index in [0.717, 1.165) is 10.9 Å². The van der Waals surface area contributed by atoms with Crippen LogP contribution >= 0.6 is 27.3 Å². The number of carbonyl (C=O) groups excluding carboxylic acids is 1. The van der Waals surface area contributed by atoms with Gasteiger partial charge in [0.15, 0.2) is 0 Å². The van der Waals surface area contributed by atoms with E-state index >= 15 is 0 Å². The third-order valence-corrected chi connectivity index (χ3v) is 4.01. The van der Waals surface area contributed by atoms with E-state index in [0.29, 0.717) is 6.54 Å².